The summed E-state index contributed by atoms with van der Waals surface area (Å²) in [5.41, 5.74) is 12.5. The molecule has 0 spiro atoms. The molecule has 0 aliphatic carbocycles. The minimum atomic E-state index is 0.912. The first kappa shape index (κ1) is 26.0. The van der Waals surface area contributed by atoms with E-state index in [4.69, 9.17) is 4.42 Å². The lowest BCUT2D eigenvalue weighted by atomic mass is 9.98. The van der Waals surface area contributed by atoms with Crippen molar-refractivity contribution in [3.63, 3.8) is 0 Å². The fraction of sp³-hybridized carbons (Fsp3) is 0.0488. The Morgan fingerprint density at radius 2 is 1.05 bits per heavy atom. The lowest BCUT2D eigenvalue weighted by molar-refractivity contribution is -0.659. The fourth-order valence-electron chi connectivity index (χ4n) is 6.30. The van der Waals surface area contributed by atoms with Crippen molar-refractivity contribution in [2.45, 2.75) is 6.92 Å². The number of benzene rings is 6. The quantitative estimate of drug-likeness (QED) is 0.190. The highest BCUT2D eigenvalue weighted by Gasteiger charge is 2.26. The van der Waals surface area contributed by atoms with Crippen LogP contribution in [-0.4, -0.2) is 4.57 Å². The summed E-state index contributed by atoms with van der Waals surface area (Å²) in [7, 11) is 2.10. The van der Waals surface area contributed by atoms with Crippen LogP contribution in [0.5, 0.6) is 0 Å². The van der Waals surface area contributed by atoms with Gasteiger partial charge < -0.3 is 4.42 Å². The van der Waals surface area contributed by atoms with E-state index in [0.717, 1.165) is 39.0 Å². The zero-order chi connectivity index (χ0) is 29.6. The van der Waals surface area contributed by atoms with Crippen LogP contribution >= 0.6 is 0 Å². The molecule has 210 valence electrons. The Balaban J connectivity index is 1.10. The average Bonchev–Trinajstić information content (AvgIpc) is 3.65. The summed E-state index contributed by atoms with van der Waals surface area (Å²) < 4.78 is 10.9. The van der Waals surface area contributed by atoms with Crippen LogP contribution < -0.4 is 4.57 Å². The summed E-state index contributed by atoms with van der Waals surface area (Å²) in [5, 5.41) is 2.28. The van der Waals surface area contributed by atoms with Gasteiger partial charge in [0.25, 0.3) is 5.82 Å². The van der Waals surface area contributed by atoms with E-state index >= 15 is 0 Å². The minimum absolute atomic E-state index is 0.912. The lowest BCUT2D eigenvalue weighted by Gasteiger charge is -2.09. The Bertz CT molecular complexity index is 2250. The van der Waals surface area contributed by atoms with Crippen LogP contribution in [0.3, 0.4) is 0 Å². The SMILES string of the molecule is Cc1ccc2c(oc3ccccc32)c1-c1n(-c2ccc(-c3ccc(-c4ccc(-c5ccccc5)cc4)cc3)cc2)cc[n+]1C. The average molecular weight is 568 g/mol. The second-order valence-corrected chi connectivity index (χ2v) is 11.4. The van der Waals surface area contributed by atoms with Gasteiger partial charge in [-0.2, -0.15) is 4.57 Å². The number of hydrogen-bond donors (Lipinski definition) is 0. The van der Waals surface area contributed by atoms with Gasteiger partial charge in [0, 0.05) is 10.8 Å². The first-order valence-corrected chi connectivity index (χ1v) is 15.0. The topological polar surface area (TPSA) is 21.9 Å². The smallest absolute Gasteiger partial charge is 0.297 e. The molecule has 0 aliphatic heterocycles. The zero-order valence-electron chi connectivity index (χ0n) is 24.7. The number of rotatable bonds is 5. The third-order valence-electron chi connectivity index (χ3n) is 8.67. The predicted molar refractivity (Wildman–Crippen MR) is 181 cm³/mol. The number of imidazole rings is 1. The lowest BCUT2D eigenvalue weighted by Crippen LogP contribution is -2.29. The number of hydrogen-bond acceptors (Lipinski definition) is 1. The first-order chi connectivity index (χ1) is 21.6. The van der Waals surface area contributed by atoms with Gasteiger partial charge in [0.15, 0.2) is 5.58 Å². The largest absolute Gasteiger partial charge is 0.455 e. The molecular formula is C41H31N2O+. The van der Waals surface area contributed by atoms with Crippen molar-refractivity contribution >= 4 is 21.9 Å². The molecule has 3 heteroatoms. The molecule has 44 heavy (non-hydrogen) atoms. The van der Waals surface area contributed by atoms with Gasteiger partial charge in [-0.15, -0.1) is 0 Å². The highest BCUT2D eigenvalue weighted by molar-refractivity contribution is 6.09. The Labute approximate surface area is 256 Å². The van der Waals surface area contributed by atoms with E-state index in [1.165, 1.54) is 38.9 Å². The Hall–Kier alpha value is -5.67. The van der Waals surface area contributed by atoms with Gasteiger partial charge in [-0.3, -0.25) is 0 Å². The fourth-order valence-corrected chi connectivity index (χ4v) is 6.30. The van der Waals surface area contributed by atoms with Gasteiger partial charge in [-0.1, -0.05) is 121 Å². The molecule has 0 atom stereocenters. The van der Waals surface area contributed by atoms with Crippen LogP contribution in [0.4, 0.5) is 0 Å². The third-order valence-corrected chi connectivity index (χ3v) is 8.67. The van der Waals surface area contributed by atoms with Gasteiger partial charge in [0.05, 0.1) is 7.05 Å². The summed E-state index contributed by atoms with van der Waals surface area (Å²) in [5.74, 6) is 1.09. The molecule has 0 saturated carbocycles. The monoisotopic (exact) mass is 567 g/mol. The second-order valence-electron chi connectivity index (χ2n) is 11.4. The Morgan fingerprint density at radius 3 is 1.66 bits per heavy atom. The molecular weight excluding hydrogens is 536 g/mol. The molecule has 0 bridgehead atoms. The van der Waals surface area contributed by atoms with E-state index < -0.39 is 0 Å². The number of para-hydroxylation sites is 1. The van der Waals surface area contributed by atoms with Crippen molar-refractivity contribution in [1.29, 1.82) is 0 Å². The maximum Gasteiger partial charge on any atom is 0.297 e. The first-order valence-electron chi connectivity index (χ1n) is 15.0. The Morgan fingerprint density at radius 1 is 0.523 bits per heavy atom. The standard InChI is InChI=1S/C41H31N2O/c1-28-12-25-37-36-10-6-7-11-38(36)44-40(37)39(28)41-42(2)26-27-43(41)35-23-21-34(22-24-35)33-19-17-32(18-20-33)31-15-13-30(14-16-31)29-8-4-3-5-9-29/h3-27H,1-2H3/q+1. The molecule has 0 saturated heterocycles. The highest BCUT2D eigenvalue weighted by atomic mass is 16.3. The van der Waals surface area contributed by atoms with E-state index in [1.54, 1.807) is 0 Å². The van der Waals surface area contributed by atoms with Crippen molar-refractivity contribution in [2.24, 2.45) is 7.05 Å². The number of furan rings is 1. The van der Waals surface area contributed by atoms with Gasteiger partial charge >= 0.3 is 0 Å². The summed E-state index contributed by atoms with van der Waals surface area (Å²) in [4.78, 5) is 0. The summed E-state index contributed by atoms with van der Waals surface area (Å²) in [6.07, 6.45) is 4.23. The van der Waals surface area contributed by atoms with Crippen LogP contribution in [0.2, 0.25) is 0 Å². The van der Waals surface area contributed by atoms with Gasteiger partial charge in [0.1, 0.15) is 29.2 Å². The van der Waals surface area contributed by atoms with Crippen LogP contribution in [0.25, 0.3) is 72.4 Å². The van der Waals surface area contributed by atoms with Crippen LogP contribution in [0, 0.1) is 6.92 Å². The van der Waals surface area contributed by atoms with Crippen molar-refractivity contribution in [2.75, 3.05) is 0 Å². The van der Waals surface area contributed by atoms with Crippen LogP contribution in [0.1, 0.15) is 5.56 Å². The number of fused-ring (bicyclic) bond motifs is 3. The summed E-state index contributed by atoms with van der Waals surface area (Å²) >= 11 is 0. The zero-order valence-corrected chi connectivity index (χ0v) is 24.7. The molecule has 0 amide bonds. The van der Waals surface area contributed by atoms with E-state index in [1.807, 2.05) is 12.1 Å². The van der Waals surface area contributed by atoms with Crippen molar-refractivity contribution in [1.82, 2.24) is 4.57 Å². The van der Waals surface area contributed by atoms with Crippen LogP contribution in [0.15, 0.2) is 156 Å². The van der Waals surface area contributed by atoms with Crippen molar-refractivity contribution < 1.29 is 8.98 Å². The third kappa shape index (κ3) is 4.42. The number of aromatic nitrogens is 2. The van der Waals surface area contributed by atoms with E-state index in [2.05, 4.69) is 163 Å². The predicted octanol–water partition coefficient (Wildman–Crippen LogP) is 10.2. The van der Waals surface area contributed by atoms with Crippen molar-refractivity contribution in [3.05, 3.63) is 157 Å². The molecule has 2 heterocycles. The molecule has 2 aromatic heterocycles. The van der Waals surface area contributed by atoms with Gasteiger partial charge in [-0.25, -0.2) is 4.57 Å². The molecule has 3 nitrogen and oxygen atoms in total. The molecule has 8 aromatic rings. The highest BCUT2D eigenvalue weighted by Crippen LogP contribution is 2.37. The molecule has 0 fully saturated rings. The molecule has 0 radical (unpaired) electrons. The Kier molecular flexibility index (Phi) is 6.23. The van der Waals surface area contributed by atoms with Crippen LogP contribution in [-0.2, 0) is 7.05 Å². The van der Waals surface area contributed by atoms with E-state index in [9.17, 15) is 0 Å². The molecule has 0 unspecified atom stereocenters. The second kappa shape index (κ2) is 10.6. The van der Waals surface area contributed by atoms with Gasteiger partial charge in [0.2, 0.25) is 0 Å². The minimum Gasteiger partial charge on any atom is -0.455 e. The number of aryl methyl sites for hydroxylation is 2. The van der Waals surface area contributed by atoms with E-state index in [0.29, 0.717) is 0 Å². The molecule has 0 N–H and O–H groups in total. The molecule has 0 aliphatic rings. The van der Waals surface area contributed by atoms with Gasteiger partial charge in [-0.05, 0) is 64.1 Å². The maximum atomic E-state index is 6.45. The molecule has 6 aromatic carbocycles. The number of nitrogens with zero attached hydrogens (tertiary/aromatic N) is 2. The summed E-state index contributed by atoms with van der Waals surface area (Å²) in [6.45, 7) is 2.16. The van der Waals surface area contributed by atoms with E-state index in [-0.39, 0.29) is 0 Å². The maximum absolute atomic E-state index is 6.45. The molecule has 8 rings (SSSR count). The van der Waals surface area contributed by atoms with Crippen molar-refractivity contribution in [3.8, 4) is 50.5 Å². The normalized spacial score (nSPS) is 11.4. The summed E-state index contributed by atoms with van der Waals surface area (Å²) in [6, 6.07) is 49.6.